The number of benzene rings is 1. The van der Waals surface area contributed by atoms with Gasteiger partial charge in [-0.25, -0.2) is 0 Å². The summed E-state index contributed by atoms with van der Waals surface area (Å²) in [6.45, 7) is 5.55. The van der Waals surface area contributed by atoms with Gasteiger partial charge in [0.2, 0.25) is 0 Å². The molecule has 126 valence electrons. The van der Waals surface area contributed by atoms with E-state index in [1.807, 2.05) is 19.9 Å². The first-order valence-corrected chi connectivity index (χ1v) is 7.43. The number of carbonyl (C=O) groups is 2. The molecule has 0 heterocycles. The number of hydrogen-bond acceptors (Lipinski definition) is 5. The average molecular weight is 320 g/mol. The minimum Gasteiger partial charge on any atom is -0.507 e. The quantitative estimate of drug-likeness (QED) is 0.474. The molecule has 0 aliphatic heterocycles. The molecule has 0 amide bonds. The zero-order valence-electron chi connectivity index (χ0n) is 14.4. The second-order valence-electron chi connectivity index (χ2n) is 5.47. The van der Waals surface area contributed by atoms with Gasteiger partial charge in [0.1, 0.15) is 11.5 Å². The highest BCUT2D eigenvalue weighted by Crippen LogP contribution is 2.37. The van der Waals surface area contributed by atoms with Gasteiger partial charge in [-0.15, -0.1) is 0 Å². The third-order valence-corrected chi connectivity index (χ3v) is 4.05. The summed E-state index contributed by atoms with van der Waals surface area (Å²) in [5.41, 5.74) is 3.42. The van der Waals surface area contributed by atoms with Crippen LogP contribution >= 0.6 is 0 Å². The van der Waals surface area contributed by atoms with E-state index in [1.165, 1.54) is 7.11 Å². The van der Waals surface area contributed by atoms with E-state index in [0.29, 0.717) is 48.0 Å². The lowest BCUT2D eigenvalue weighted by Crippen LogP contribution is -2.02. The van der Waals surface area contributed by atoms with E-state index >= 15 is 0 Å². The maximum Gasteiger partial charge on any atom is 0.305 e. The van der Waals surface area contributed by atoms with Crippen molar-refractivity contribution >= 4 is 12.3 Å². The Morgan fingerprint density at radius 2 is 1.83 bits per heavy atom. The summed E-state index contributed by atoms with van der Waals surface area (Å²) in [6, 6.07) is 0. The Morgan fingerprint density at radius 1 is 1.17 bits per heavy atom. The number of esters is 1. The number of aldehydes is 1. The van der Waals surface area contributed by atoms with Crippen LogP contribution < -0.4 is 4.74 Å². The molecule has 1 aromatic carbocycles. The fourth-order valence-corrected chi connectivity index (χ4v) is 2.44. The van der Waals surface area contributed by atoms with Crippen molar-refractivity contribution in [1.82, 2.24) is 0 Å². The van der Waals surface area contributed by atoms with E-state index in [-0.39, 0.29) is 11.7 Å². The van der Waals surface area contributed by atoms with Gasteiger partial charge in [-0.05, 0) is 44.7 Å². The molecule has 0 aliphatic carbocycles. The van der Waals surface area contributed by atoms with Crippen molar-refractivity contribution in [2.24, 2.45) is 0 Å². The van der Waals surface area contributed by atoms with Gasteiger partial charge in [0.05, 0.1) is 19.8 Å². The van der Waals surface area contributed by atoms with Gasteiger partial charge in [0.15, 0.2) is 6.29 Å². The van der Waals surface area contributed by atoms with Crippen LogP contribution in [0.25, 0.3) is 0 Å². The van der Waals surface area contributed by atoms with Crippen LogP contribution in [0.4, 0.5) is 0 Å². The van der Waals surface area contributed by atoms with Crippen molar-refractivity contribution in [1.29, 1.82) is 0 Å². The van der Waals surface area contributed by atoms with Gasteiger partial charge >= 0.3 is 5.97 Å². The molecular formula is C18H24O5. The van der Waals surface area contributed by atoms with Gasteiger partial charge in [-0.3, -0.25) is 9.59 Å². The summed E-state index contributed by atoms with van der Waals surface area (Å²) >= 11 is 0. The van der Waals surface area contributed by atoms with Crippen molar-refractivity contribution < 1.29 is 24.2 Å². The van der Waals surface area contributed by atoms with Gasteiger partial charge < -0.3 is 14.6 Å². The van der Waals surface area contributed by atoms with Gasteiger partial charge in [-0.1, -0.05) is 11.6 Å². The fraction of sp³-hybridized carbons (Fsp3) is 0.444. The van der Waals surface area contributed by atoms with Gasteiger partial charge in [0, 0.05) is 12.0 Å². The van der Waals surface area contributed by atoms with Crippen LogP contribution in [0.5, 0.6) is 11.5 Å². The summed E-state index contributed by atoms with van der Waals surface area (Å²) in [7, 11) is 2.90. The largest absolute Gasteiger partial charge is 0.507 e. The Bertz CT molecular complexity index is 629. The van der Waals surface area contributed by atoms with Crippen LogP contribution in [0, 0.1) is 13.8 Å². The Hall–Kier alpha value is -2.30. The first kappa shape index (κ1) is 18.7. The molecule has 1 aromatic rings. The lowest BCUT2D eigenvalue weighted by Gasteiger charge is -2.17. The average Bonchev–Trinajstić information content (AvgIpc) is 2.55. The second kappa shape index (κ2) is 8.36. The van der Waals surface area contributed by atoms with Crippen LogP contribution in [-0.2, 0) is 16.0 Å². The number of methoxy groups -OCH3 is 2. The number of carbonyl (C=O) groups excluding carboxylic acids is 2. The molecule has 0 saturated carbocycles. The van der Waals surface area contributed by atoms with Crippen LogP contribution in [0.3, 0.4) is 0 Å². The van der Waals surface area contributed by atoms with Crippen molar-refractivity contribution in [3.63, 3.8) is 0 Å². The van der Waals surface area contributed by atoms with Crippen LogP contribution in [-0.4, -0.2) is 31.6 Å². The Morgan fingerprint density at radius 3 is 2.35 bits per heavy atom. The zero-order chi connectivity index (χ0) is 17.6. The third kappa shape index (κ3) is 4.34. The van der Waals surface area contributed by atoms with Crippen molar-refractivity contribution in [2.75, 3.05) is 14.2 Å². The van der Waals surface area contributed by atoms with E-state index in [2.05, 4.69) is 4.74 Å². The number of aromatic hydroxyl groups is 1. The van der Waals surface area contributed by atoms with Crippen LogP contribution in [0.1, 0.15) is 46.8 Å². The maximum atomic E-state index is 11.2. The zero-order valence-corrected chi connectivity index (χ0v) is 14.4. The lowest BCUT2D eigenvalue weighted by atomic mass is 9.94. The fourth-order valence-electron chi connectivity index (χ4n) is 2.44. The highest BCUT2D eigenvalue weighted by Gasteiger charge is 2.19. The third-order valence-electron chi connectivity index (χ3n) is 4.05. The number of hydrogen-bond donors (Lipinski definition) is 1. The number of ether oxygens (including phenoxy) is 2. The smallest absolute Gasteiger partial charge is 0.305 e. The maximum absolute atomic E-state index is 11.2. The molecular weight excluding hydrogens is 296 g/mol. The molecule has 0 spiro atoms. The molecule has 5 heteroatoms. The van der Waals surface area contributed by atoms with Crippen LogP contribution in [0.15, 0.2) is 11.6 Å². The first-order valence-electron chi connectivity index (χ1n) is 7.43. The Balaban J connectivity index is 3.10. The minimum absolute atomic E-state index is 0.0445. The summed E-state index contributed by atoms with van der Waals surface area (Å²) in [5.74, 6) is 0.284. The van der Waals surface area contributed by atoms with E-state index in [9.17, 15) is 14.7 Å². The minimum atomic E-state index is -0.257. The number of phenolic OH excluding ortho intramolecular Hbond substituents is 1. The number of rotatable bonds is 7. The first-order chi connectivity index (χ1) is 10.9. The van der Waals surface area contributed by atoms with E-state index in [0.717, 1.165) is 11.1 Å². The molecule has 0 saturated heterocycles. The Labute approximate surface area is 136 Å². The van der Waals surface area contributed by atoms with Crippen molar-refractivity contribution in [3.05, 3.63) is 33.9 Å². The molecule has 23 heavy (non-hydrogen) atoms. The molecule has 0 fully saturated rings. The molecule has 1 rings (SSSR count). The predicted molar refractivity (Wildman–Crippen MR) is 88.2 cm³/mol. The predicted octanol–water partition coefficient (Wildman–Crippen LogP) is 3.27. The standard InChI is InChI=1S/C18H24O5/c1-11(7-9-16(20)22-4)6-8-14-17(21)15(10-19)12(2)13(3)18(14)23-5/h6,10,21H,7-9H2,1-5H3/b11-6+. The van der Waals surface area contributed by atoms with Gasteiger partial charge in [-0.2, -0.15) is 0 Å². The van der Waals surface area contributed by atoms with E-state index in [1.54, 1.807) is 14.0 Å². The molecule has 5 nitrogen and oxygen atoms in total. The normalized spacial score (nSPS) is 11.3. The molecule has 0 bridgehead atoms. The summed E-state index contributed by atoms with van der Waals surface area (Å²) in [6.07, 6.45) is 3.90. The highest BCUT2D eigenvalue weighted by molar-refractivity contribution is 5.84. The van der Waals surface area contributed by atoms with Gasteiger partial charge in [0.25, 0.3) is 0 Å². The molecule has 1 N–H and O–H groups in total. The van der Waals surface area contributed by atoms with Crippen molar-refractivity contribution in [3.8, 4) is 11.5 Å². The number of phenols is 1. The SMILES string of the molecule is COC(=O)CC/C(C)=C/Cc1c(O)c(C=O)c(C)c(C)c1OC. The summed E-state index contributed by atoms with van der Waals surface area (Å²) in [4.78, 5) is 22.4. The molecule has 0 radical (unpaired) electrons. The molecule has 0 aromatic heterocycles. The second-order valence-corrected chi connectivity index (χ2v) is 5.47. The van der Waals surface area contributed by atoms with E-state index in [4.69, 9.17) is 4.74 Å². The summed E-state index contributed by atoms with van der Waals surface area (Å²) < 4.78 is 10.0. The highest BCUT2D eigenvalue weighted by atomic mass is 16.5. The Kier molecular flexibility index (Phi) is 6.82. The lowest BCUT2D eigenvalue weighted by molar-refractivity contribution is -0.140. The van der Waals surface area contributed by atoms with E-state index < -0.39 is 0 Å². The topological polar surface area (TPSA) is 72.8 Å². The molecule has 0 unspecified atom stereocenters. The molecule has 0 aliphatic rings. The monoisotopic (exact) mass is 320 g/mol. The van der Waals surface area contributed by atoms with Crippen LogP contribution in [0.2, 0.25) is 0 Å². The van der Waals surface area contributed by atoms with Crippen molar-refractivity contribution in [2.45, 2.75) is 40.0 Å². The summed E-state index contributed by atoms with van der Waals surface area (Å²) in [5, 5.41) is 10.4. The number of allylic oxidation sites excluding steroid dienone is 2. The molecule has 0 atom stereocenters.